The van der Waals surface area contributed by atoms with Gasteiger partial charge in [0.05, 0.1) is 12.8 Å². The second-order valence-corrected chi connectivity index (χ2v) is 3.40. The van der Waals surface area contributed by atoms with Gasteiger partial charge < -0.3 is 19.5 Å². The van der Waals surface area contributed by atoms with Crippen molar-refractivity contribution in [1.29, 1.82) is 0 Å². The van der Waals surface area contributed by atoms with Gasteiger partial charge in [-0.1, -0.05) is 12.1 Å². The number of carbonyl (C=O) groups is 1. The topological polar surface area (TPSA) is 52.6 Å². The van der Waals surface area contributed by atoms with Crippen LogP contribution in [0.15, 0.2) is 24.3 Å². The molecule has 82 valence electrons. The van der Waals surface area contributed by atoms with E-state index in [0.717, 1.165) is 0 Å². The number of hydrogen-bond acceptors (Lipinski definition) is 3. The van der Waals surface area contributed by atoms with Crippen LogP contribution in [0.25, 0.3) is 0 Å². The minimum absolute atomic E-state index is 0.189. The van der Waals surface area contributed by atoms with Crippen LogP contribution in [-0.4, -0.2) is 19.2 Å². The average Bonchev–Trinajstić information content (AvgIpc) is 2.17. The first kappa shape index (κ1) is 11.4. The van der Waals surface area contributed by atoms with Crippen molar-refractivity contribution in [3.8, 4) is 5.75 Å². The van der Waals surface area contributed by atoms with Crippen LogP contribution in [0.4, 0.5) is 10.5 Å². The molecule has 0 aliphatic carbocycles. The van der Waals surface area contributed by atoms with Gasteiger partial charge >= 0.3 is 0 Å². The second kappa shape index (κ2) is 4.68. The summed E-state index contributed by atoms with van der Waals surface area (Å²) in [6.45, 7) is 3.56. The molecule has 1 rings (SSSR count). The minimum atomic E-state index is -1.23. The number of carboxylic acid groups (broad SMARTS) is 1. The molecule has 0 aliphatic rings. The zero-order chi connectivity index (χ0) is 11.4. The normalized spacial score (nSPS) is 10.1. The molecule has 0 radical (unpaired) electrons. The van der Waals surface area contributed by atoms with Crippen molar-refractivity contribution in [3.63, 3.8) is 0 Å². The van der Waals surface area contributed by atoms with Gasteiger partial charge in [-0.25, -0.2) is 0 Å². The molecule has 15 heavy (non-hydrogen) atoms. The number of carbonyl (C=O) groups excluding carboxylic acids is 1. The smallest absolute Gasteiger partial charge is 0.142 e. The Balaban J connectivity index is 3.16. The lowest BCUT2D eigenvalue weighted by molar-refractivity contribution is -0.247. The summed E-state index contributed by atoms with van der Waals surface area (Å²) < 4.78 is 5.09. The molecule has 0 saturated carbocycles. The van der Waals surface area contributed by atoms with Gasteiger partial charge in [0.15, 0.2) is 0 Å². The van der Waals surface area contributed by atoms with Crippen molar-refractivity contribution in [3.05, 3.63) is 24.3 Å². The summed E-state index contributed by atoms with van der Waals surface area (Å²) in [5.41, 5.74) is 0.509. The Morgan fingerprint density at radius 1 is 1.40 bits per heavy atom. The highest BCUT2D eigenvalue weighted by molar-refractivity contribution is 5.87. The lowest BCUT2D eigenvalue weighted by Gasteiger charge is -2.30. The molecule has 0 aromatic heterocycles. The Hall–Kier alpha value is -1.71. The summed E-state index contributed by atoms with van der Waals surface area (Å²) in [6, 6.07) is 6.76. The molecular weight excluding hydrogens is 194 g/mol. The Kier molecular flexibility index (Phi) is 3.55. The summed E-state index contributed by atoms with van der Waals surface area (Å²) in [7, 11) is 1.51. The first-order valence-corrected chi connectivity index (χ1v) is 4.71. The second-order valence-electron chi connectivity index (χ2n) is 3.40. The maximum Gasteiger partial charge on any atom is 0.142 e. The Morgan fingerprint density at radius 2 is 2.00 bits per heavy atom. The standard InChI is InChI=1S/C11H15NO3/c1-8(2)12(11(13)14)9-6-4-5-7-10(9)15-3/h4-8H,1-3H3,(H,13,14)/p-1. The molecule has 0 N–H and O–H groups in total. The van der Waals surface area contributed by atoms with Crippen molar-refractivity contribution in [1.82, 2.24) is 0 Å². The van der Waals surface area contributed by atoms with Gasteiger partial charge in [-0.2, -0.15) is 0 Å². The number of hydrogen-bond donors (Lipinski definition) is 0. The third-order valence-electron chi connectivity index (χ3n) is 2.06. The summed E-state index contributed by atoms with van der Waals surface area (Å²) in [5, 5.41) is 11.0. The molecule has 0 unspecified atom stereocenters. The molecular formula is C11H14NO3-. The van der Waals surface area contributed by atoms with Crippen LogP contribution in [0.5, 0.6) is 5.75 Å². The number of benzene rings is 1. The van der Waals surface area contributed by atoms with E-state index in [-0.39, 0.29) is 6.04 Å². The van der Waals surface area contributed by atoms with E-state index in [1.165, 1.54) is 12.0 Å². The van der Waals surface area contributed by atoms with Gasteiger partial charge in [-0.3, -0.25) is 0 Å². The summed E-state index contributed by atoms with van der Waals surface area (Å²) >= 11 is 0. The van der Waals surface area contributed by atoms with Gasteiger partial charge in [0.1, 0.15) is 11.8 Å². The predicted octanol–water partition coefficient (Wildman–Crippen LogP) is 1.25. The number of para-hydroxylation sites is 2. The van der Waals surface area contributed by atoms with Crippen molar-refractivity contribution in [2.45, 2.75) is 19.9 Å². The van der Waals surface area contributed by atoms with Crippen molar-refractivity contribution in [2.24, 2.45) is 0 Å². The first-order chi connectivity index (χ1) is 7.07. The highest BCUT2D eigenvalue weighted by Crippen LogP contribution is 2.28. The van der Waals surface area contributed by atoms with Gasteiger partial charge in [-0.05, 0) is 26.0 Å². The monoisotopic (exact) mass is 208 g/mol. The predicted molar refractivity (Wildman–Crippen MR) is 56.0 cm³/mol. The van der Waals surface area contributed by atoms with Crippen molar-refractivity contribution >= 4 is 11.8 Å². The van der Waals surface area contributed by atoms with Crippen LogP contribution < -0.4 is 14.7 Å². The molecule has 4 heteroatoms. The summed E-state index contributed by atoms with van der Waals surface area (Å²) in [4.78, 5) is 12.1. The zero-order valence-corrected chi connectivity index (χ0v) is 9.06. The molecule has 1 aromatic rings. The Labute approximate surface area is 89.1 Å². The van der Waals surface area contributed by atoms with E-state index >= 15 is 0 Å². The van der Waals surface area contributed by atoms with E-state index in [1.54, 1.807) is 38.1 Å². The fraction of sp³-hybridized carbons (Fsp3) is 0.364. The van der Waals surface area contributed by atoms with Crippen LogP contribution >= 0.6 is 0 Å². The summed E-state index contributed by atoms with van der Waals surface area (Å²) in [5.74, 6) is 0.524. The number of methoxy groups -OCH3 is 1. The molecule has 4 nitrogen and oxygen atoms in total. The van der Waals surface area contributed by atoms with E-state index in [9.17, 15) is 9.90 Å². The SMILES string of the molecule is COc1ccccc1N(C(=O)[O-])C(C)C. The maximum absolute atomic E-state index is 11.0. The van der Waals surface area contributed by atoms with Crippen molar-refractivity contribution < 1.29 is 14.6 Å². The molecule has 0 saturated heterocycles. The molecule has 1 amide bonds. The summed E-state index contributed by atoms with van der Waals surface area (Å²) in [6.07, 6.45) is -1.23. The van der Waals surface area contributed by atoms with Gasteiger partial charge in [-0.15, -0.1) is 0 Å². The van der Waals surface area contributed by atoms with E-state index < -0.39 is 6.09 Å². The van der Waals surface area contributed by atoms with Crippen molar-refractivity contribution in [2.75, 3.05) is 12.0 Å². The number of amides is 1. The van der Waals surface area contributed by atoms with E-state index in [2.05, 4.69) is 0 Å². The van der Waals surface area contributed by atoms with E-state index in [4.69, 9.17) is 4.74 Å². The highest BCUT2D eigenvalue weighted by Gasteiger charge is 2.15. The number of rotatable bonds is 3. The lowest BCUT2D eigenvalue weighted by atomic mass is 10.2. The first-order valence-electron chi connectivity index (χ1n) is 4.71. The van der Waals surface area contributed by atoms with Crippen LogP contribution in [0.3, 0.4) is 0 Å². The third-order valence-corrected chi connectivity index (χ3v) is 2.06. The van der Waals surface area contributed by atoms with Gasteiger partial charge in [0.25, 0.3) is 0 Å². The van der Waals surface area contributed by atoms with Gasteiger partial charge in [0.2, 0.25) is 0 Å². The van der Waals surface area contributed by atoms with Crippen LogP contribution in [0, 0.1) is 0 Å². The molecule has 1 aromatic carbocycles. The number of ether oxygens (including phenoxy) is 1. The average molecular weight is 208 g/mol. The van der Waals surface area contributed by atoms with Crippen LogP contribution in [0.1, 0.15) is 13.8 Å². The van der Waals surface area contributed by atoms with E-state index in [0.29, 0.717) is 11.4 Å². The van der Waals surface area contributed by atoms with Crippen LogP contribution in [-0.2, 0) is 0 Å². The number of nitrogens with zero attached hydrogens (tertiary/aromatic N) is 1. The molecule has 0 fully saturated rings. The quantitative estimate of drug-likeness (QED) is 0.751. The molecule has 0 atom stereocenters. The maximum atomic E-state index is 11.0. The minimum Gasteiger partial charge on any atom is -0.530 e. The lowest BCUT2D eigenvalue weighted by Crippen LogP contribution is -2.45. The Morgan fingerprint density at radius 3 is 2.47 bits per heavy atom. The number of anilines is 1. The van der Waals surface area contributed by atoms with E-state index in [1.807, 2.05) is 0 Å². The van der Waals surface area contributed by atoms with Crippen LogP contribution in [0.2, 0.25) is 0 Å². The fourth-order valence-corrected chi connectivity index (χ4v) is 1.42. The molecule has 0 spiro atoms. The third kappa shape index (κ3) is 2.40. The Bertz CT molecular complexity index is 349. The molecule has 0 heterocycles. The largest absolute Gasteiger partial charge is 0.530 e. The molecule has 0 aliphatic heterocycles. The molecule has 0 bridgehead atoms. The highest BCUT2D eigenvalue weighted by atomic mass is 16.5. The zero-order valence-electron chi connectivity index (χ0n) is 9.06. The van der Waals surface area contributed by atoms with Gasteiger partial charge in [0, 0.05) is 6.04 Å². The fourth-order valence-electron chi connectivity index (χ4n) is 1.42.